The first kappa shape index (κ1) is 17.6. The third kappa shape index (κ3) is 3.41. The second kappa shape index (κ2) is 7.34. The summed E-state index contributed by atoms with van der Waals surface area (Å²) in [6.07, 6.45) is 0.367. The molecule has 0 radical (unpaired) electrons. The first-order valence-corrected chi connectivity index (χ1v) is 8.19. The molecule has 2 heterocycles. The van der Waals surface area contributed by atoms with Crippen molar-refractivity contribution in [1.82, 2.24) is 15.0 Å². The van der Waals surface area contributed by atoms with Gasteiger partial charge in [-0.25, -0.2) is 9.99 Å². The predicted octanol–water partition coefficient (Wildman–Crippen LogP) is 1.50. The fourth-order valence-electron chi connectivity index (χ4n) is 2.95. The number of hydrogen-bond acceptors (Lipinski definition) is 6. The van der Waals surface area contributed by atoms with Crippen molar-refractivity contribution in [3.05, 3.63) is 46.1 Å². The fraction of sp³-hybridized carbons (Fsp3) is 0.353. The molecule has 3 rings (SSSR count). The minimum Gasteiger partial charge on any atom is -0.496 e. The van der Waals surface area contributed by atoms with E-state index in [-0.39, 0.29) is 12.1 Å². The maximum atomic E-state index is 12.9. The molecule has 1 fully saturated rings. The van der Waals surface area contributed by atoms with Crippen LogP contribution in [0.5, 0.6) is 5.75 Å². The largest absolute Gasteiger partial charge is 0.496 e. The monoisotopic (exact) mass is 358 g/mol. The number of fused-ring (bicyclic) bond motifs is 1. The summed E-state index contributed by atoms with van der Waals surface area (Å²) in [7, 11) is 1.51. The van der Waals surface area contributed by atoms with Crippen molar-refractivity contribution in [3.8, 4) is 5.75 Å². The number of aromatic nitrogens is 1. The van der Waals surface area contributed by atoms with Gasteiger partial charge in [0, 0.05) is 29.5 Å². The first-order chi connectivity index (χ1) is 12.5. The fourth-order valence-corrected chi connectivity index (χ4v) is 2.95. The second-order valence-electron chi connectivity index (χ2n) is 5.83. The van der Waals surface area contributed by atoms with Gasteiger partial charge in [-0.05, 0) is 18.6 Å². The average Bonchev–Trinajstić information content (AvgIpc) is 3.14. The highest BCUT2D eigenvalue weighted by Crippen LogP contribution is 2.26. The lowest BCUT2D eigenvalue weighted by molar-refractivity contribution is -0.478. The lowest BCUT2D eigenvalue weighted by Gasteiger charge is -2.27. The summed E-state index contributed by atoms with van der Waals surface area (Å²) in [5, 5.41) is 13.8. The van der Waals surface area contributed by atoms with E-state index < -0.39 is 23.3 Å². The Morgan fingerprint density at radius 2 is 2.00 bits per heavy atom. The van der Waals surface area contributed by atoms with E-state index in [1.54, 1.807) is 12.1 Å². The van der Waals surface area contributed by atoms with Crippen LogP contribution in [0.25, 0.3) is 10.9 Å². The van der Waals surface area contributed by atoms with Gasteiger partial charge in [0.05, 0.1) is 19.0 Å². The molecule has 2 amide bonds. The van der Waals surface area contributed by atoms with E-state index in [2.05, 4.69) is 4.98 Å². The van der Waals surface area contributed by atoms with Crippen molar-refractivity contribution in [1.29, 1.82) is 0 Å². The van der Waals surface area contributed by atoms with Crippen LogP contribution in [0.2, 0.25) is 0 Å². The van der Waals surface area contributed by atoms with Crippen LogP contribution >= 0.6 is 0 Å². The number of hydrogen-bond donors (Lipinski definition) is 0. The van der Waals surface area contributed by atoms with Gasteiger partial charge in [-0.15, -0.1) is 0 Å². The molecule has 0 atom stereocenters. The molecule has 1 aliphatic heterocycles. The molecule has 0 N–H and O–H groups in total. The van der Waals surface area contributed by atoms with Gasteiger partial charge < -0.3 is 4.74 Å². The molecule has 9 heteroatoms. The third-order valence-corrected chi connectivity index (χ3v) is 4.18. The van der Waals surface area contributed by atoms with Crippen molar-refractivity contribution in [2.24, 2.45) is 0 Å². The SMILES string of the molecule is COc1cc(C(=O)N2CCCN2C(=O)CC[N+](=O)[O-])nc2ccccc12. The number of carbonyl (C=O) groups excluding carboxylic acids is 2. The maximum Gasteiger partial charge on any atom is 0.291 e. The van der Waals surface area contributed by atoms with Gasteiger partial charge in [0.1, 0.15) is 11.4 Å². The van der Waals surface area contributed by atoms with Crippen LogP contribution in [0.4, 0.5) is 0 Å². The number of ether oxygens (including phenoxy) is 1. The van der Waals surface area contributed by atoms with Crippen molar-refractivity contribution in [2.45, 2.75) is 12.8 Å². The average molecular weight is 358 g/mol. The number of methoxy groups -OCH3 is 1. The van der Waals surface area contributed by atoms with Crippen LogP contribution in [0.3, 0.4) is 0 Å². The Kier molecular flexibility index (Phi) is 4.97. The molecule has 26 heavy (non-hydrogen) atoms. The molecule has 0 unspecified atom stereocenters. The van der Waals surface area contributed by atoms with Crippen molar-refractivity contribution < 1.29 is 19.2 Å². The third-order valence-electron chi connectivity index (χ3n) is 4.18. The normalized spacial score (nSPS) is 13.9. The van der Waals surface area contributed by atoms with Gasteiger partial charge in [-0.2, -0.15) is 0 Å². The minimum absolute atomic E-state index is 0.162. The van der Waals surface area contributed by atoms with Crippen LogP contribution in [-0.2, 0) is 4.79 Å². The zero-order chi connectivity index (χ0) is 18.7. The zero-order valence-corrected chi connectivity index (χ0v) is 14.3. The minimum atomic E-state index is -0.546. The molecule has 2 aromatic rings. The lowest BCUT2D eigenvalue weighted by atomic mass is 10.1. The zero-order valence-electron chi connectivity index (χ0n) is 14.3. The van der Waals surface area contributed by atoms with Crippen molar-refractivity contribution >= 4 is 22.7 Å². The number of para-hydroxylation sites is 1. The van der Waals surface area contributed by atoms with Gasteiger partial charge >= 0.3 is 0 Å². The van der Waals surface area contributed by atoms with E-state index in [4.69, 9.17) is 4.74 Å². The molecule has 0 spiro atoms. The van der Waals surface area contributed by atoms with E-state index in [1.165, 1.54) is 17.1 Å². The van der Waals surface area contributed by atoms with E-state index in [0.29, 0.717) is 30.8 Å². The Labute approximate surface area is 149 Å². The number of nitrogens with zero attached hydrogens (tertiary/aromatic N) is 4. The molecular formula is C17H18N4O5. The van der Waals surface area contributed by atoms with Crippen LogP contribution < -0.4 is 4.74 Å². The predicted molar refractivity (Wildman–Crippen MR) is 92.1 cm³/mol. The van der Waals surface area contributed by atoms with E-state index >= 15 is 0 Å². The first-order valence-electron chi connectivity index (χ1n) is 8.19. The number of nitro groups is 1. The van der Waals surface area contributed by atoms with Crippen LogP contribution in [0, 0.1) is 10.1 Å². The highest BCUT2D eigenvalue weighted by molar-refractivity contribution is 5.98. The molecule has 1 saturated heterocycles. The molecule has 0 bridgehead atoms. The van der Waals surface area contributed by atoms with Crippen LogP contribution in [0.1, 0.15) is 23.3 Å². The van der Waals surface area contributed by atoms with Gasteiger partial charge in [-0.1, -0.05) is 12.1 Å². The molecule has 1 aliphatic rings. The second-order valence-corrected chi connectivity index (χ2v) is 5.83. The van der Waals surface area contributed by atoms with Gasteiger partial charge in [0.25, 0.3) is 5.91 Å². The highest BCUT2D eigenvalue weighted by Gasteiger charge is 2.32. The molecule has 1 aromatic carbocycles. The van der Waals surface area contributed by atoms with E-state index in [9.17, 15) is 19.7 Å². The molecule has 0 saturated carbocycles. The standard InChI is InChI=1S/C17H18N4O5/c1-26-15-11-14(18-13-6-3-2-5-12(13)15)17(23)20-9-4-8-19(20)16(22)7-10-21(24)25/h2-3,5-6,11H,4,7-10H2,1H3. The lowest BCUT2D eigenvalue weighted by Crippen LogP contribution is -2.45. The van der Waals surface area contributed by atoms with E-state index in [0.717, 1.165) is 5.39 Å². The summed E-state index contributed by atoms with van der Waals surface area (Å²) in [4.78, 5) is 39.4. The number of benzene rings is 1. The Morgan fingerprint density at radius 3 is 2.73 bits per heavy atom. The summed E-state index contributed by atoms with van der Waals surface area (Å²) in [5.41, 5.74) is 0.773. The van der Waals surface area contributed by atoms with Crippen LogP contribution in [0.15, 0.2) is 30.3 Å². The molecule has 136 valence electrons. The van der Waals surface area contributed by atoms with Crippen LogP contribution in [-0.4, -0.2) is 58.5 Å². The topological polar surface area (TPSA) is 106 Å². The van der Waals surface area contributed by atoms with Gasteiger partial charge in [-0.3, -0.25) is 24.7 Å². The summed E-state index contributed by atoms with van der Waals surface area (Å²) >= 11 is 0. The van der Waals surface area contributed by atoms with E-state index in [1.807, 2.05) is 18.2 Å². The van der Waals surface area contributed by atoms with Gasteiger partial charge in [0.2, 0.25) is 12.5 Å². The number of amides is 2. The number of carbonyl (C=O) groups is 2. The highest BCUT2D eigenvalue weighted by atomic mass is 16.6. The Bertz CT molecular complexity index is 869. The maximum absolute atomic E-state index is 12.9. The Morgan fingerprint density at radius 1 is 1.27 bits per heavy atom. The summed E-state index contributed by atoms with van der Waals surface area (Å²) in [6, 6.07) is 8.83. The Hall–Kier alpha value is -3.23. The molecule has 9 nitrogen and oxygen atoms in total. The van der Waals surface area contributed by atoms with Crippen molar-refractivity contribution in [2.75, 3.05) is 26.7 Å². The number of rotatable bonds is 5. The number of pyridine rings is 1. The van der Waals surface area contributed by atoms with Crippen molar-refractivity contribution in [3.63, 3.8) is 0 Å². The summed E-state index contributed by atoms with van der Waals surface area (Å²) < 4.78 is 5.35. The summed E-state index contributed by atoms with van der Waals surface area (Å²) in [6.45, 7) is 0.256. The smallest absolute Gasteiger partial charge is 0.291 e. The molecule has 1 aromatic heterocycles. The molecule has 0 aliphatic carbocycles. The van der Waals surface area contributed by atoms with Gasteiger partial charge in [0.15, 0.2) is 0 Å². The Balaban J connectivity index is 1.87. The summed E-state index contributed by atoms with van der Waals surface area (Å²) in [5.74, 6) is -0.356. The quantitative estimate of drug-likeness (QED) is 0.592. The molecular weight excluding hydrogens is 340 g/mol. The number of hydrazine groups is 1.